The van der Waals surface area contributed by atoms with Gasteiger partial charge in [0.15, 0.2) is 0 Å². The zero-order valence-electron chi connectivity index (χ0n) is 9.36. The molecule has 0 radical (unpaired) electrons. The highest BCUT2D eigenvalue weighted by Crippen LogP contribution is 2.26. The van der Waals surface area contributed by atoms with Crippen LogP contribution in [-0.2, 0) is 4.74 Å². The summed E-state index contributed by atoms with van der Waals surface area (Å²) in [7, 11) is 0. The smallest absolute Gasteiger partial charge is 0.0996 e. The zero-order chi connectivity index (χ0) is 10.7. The van der Waals surface area contributed by atoms with Crippen LogP contribution in [0.3, 0.4) is 0 Å². The Balaban J connectivity index is 0.00000128. The van der Waals surface area contributed by atoms with Crippen LogP contribution in [0, 0.1) is 0 Å². The van der Waals surface area contributed by atoms with Crippen molar-refractivity contribution >= 4 is 24.0 Å². The minimum Gasteiger partial charge on any atom is -0.365 e. The van der Waals surface area contributed by atoms with Crippen molar-refractivity contribution in [1.82, 2.24) is 4.90 Å². The summed E-state index contributed by atoms with van der Waals surface area (Å²) in [4.78, 5) is 2.36. The maximum atomic E-state index is 5.88. The summed E-state index contributed by atoms with van der Waals surface area (Å²) >= 11 is 5.88. The van der Waals surface area contributed by atoms with Gasteiger partial charge in [0.1, 0.15) is 0 Å². The van der Waals surface area contributed by atoms with Crippen LogP contribution in [0.5, 0.6) is 0 Å². The van der Waals surface area contributed by atoms with Crippen molar-refractivity contribution in [3.8, 4) is 0 Å². The van der Waals surface area contributed by atoms with Gasteiger partial charge in [0.2, 0.25) is 0 Å². The number of ether oxygens (including phenoxy) is 1. The van der Waals surface area contributed by atoms with E-state index in [4.69, 9.17) is 16.3 Å². The van der Waals surface area contributed by atoms with E-state index in [0.717, 1.165) is 31.3 Å². The lowest BCUT2D eigenvalue weighted by atomic mass is 10.0. The first-order valence-electron chi connectivity index (χ1n) is 5.38. The minimum atomic E-state index is 0. The maximum Gasteiger partial charge on any atom is 0.0996 e. The second kappa shape index (κ2) is 6.45. The third-order valence-corrected chi connectivity index (χ3v) is 3.11. The van der Waals surface area contributed by atoms with Crippen LogP contribution >= 0.6 is 24.0 Å². The molecule has 0 aliphatic carbocycles. The van der Waals surface area contributed by atoms with Crippen molar-refractivity contribution in [3.05, 3.63) is 34.9 Å². The summed E-state index contributed by atoms with van der Waals surface area (Å²) in [5.41, 5.74) is 1.33. The zero-order valence-corrected chi connectivity index (χ0v) is 10.9. The van der Waals surface area contributed by atoms with E-state index >= 15 is 0 Å². The molecule has 0 N–H and O–H groups in total. The van der Waals surface area contributed by atoms with Gasteiger partial charge in [-0.05, 0) is 24.1 Å². The Morgan fingerprint density at radius 2 is 2.06 bits per heavy atom. The van der Waals surface area contributed by atoms with E-state index < -0.39 is 0 Å². The average Bonchev–Trinajstić information content (AvgIpc) is 2.75. The molecule has 1 atom stereocenters. The fourth-order valence-electron chi connectivity index (χ4n) is 2.06. The standard InChI is InChI=1S/C12H16ClNO.ClH/c1-2-12(14-7-8-15-9-14)10-3-5-11(13)6-4-10;/h3-6,12H,2,7-9H2,1H3;1H. The number of halogens is 2. The molecular weight excluding hydrogens is 245 g/mol. The van der Waals surface area contributed by atoms with Gasteiger partial charge < -0.3 is 4.74 Å². The molecule has 1 unspecified atom stereocenters. The molecule has 2 rings (SSSR count). The number of hydrogen-bond donors (Lipinski definition) is 0. The topological polar surface area (TPSA) is 12.5 Å². The Morgan fingerprint density at radius 3 is 2.56 bits per heavy atom. The van der Waals surface area contributed by atoms with E-state index in [-0.39, 0.29) is 12.4 Å². The van der Waals surface area contributed by atoms with Gasteiger partial charge in [0.25, 0.3) is 0 Å². The fourth-order valence-corrected chi connectivity index (χ4v) is 2.19. The number of rotatable bonds is 3. The Morgan fingerprint density at radius 1 is 1.38 bits per heavy atom. The van der Waals surface area contributed by atoms with E-state index in [0.29, 0.717) is 6.04 Å². The lowest BCUT2D eigenvalue weighted by molar-refractivity contribution is 0.112. The highest BCUT2D eigenvalue weighted by atomic mass is 35.5. The third kappa shape index (κ3) is 3.11. The predicted molar refractivity (Wildman–Crippen MR) is 69.3 cm³/mol. The molecule has 90 valence electrons. The van der Waals surface area contributed by atoms with Crippen molar-refractivity contribution in [2.24, 2.45) is 0 Å². The molecule has 1 aliphatic heterocycles. The molecule has 1 aromatic rings. The molecule has 2 nitrogen and oxygen atoms in total. The molecule has 1 fully saturated rings. The lowest BCUT2D eigenvalue weighted by Gasteiger charge is -2.25. The van der Waals surface area contributed by atoms with E-state index in [9.17, 15) is 0 Å². The molecule has 4 heteroatoms. The largest absolute Gasteiger partial charge is 0.365 e. The first-order valence-corrected chi connectivity index (χ1v) is 5.76. The first-order chi connectivity index (χ1) is 7.31. The Labute approximate surface area is 108 Å². The van der Waals surface area contributed by atoms with E-state index in [1.807, 2.05) is 12.1 Å². The van der Waals surface area contributed by atoms with Crippen molar-refractivity contribution in [2.45, 2.75) is 19.4 Å². The molecule has 1 aliphatic rings. The molecule has 16 heavy (non-hydrogen) atoms. The lowest BCUT2D eigenvalue weighted by Crippen LogP contribution is -2.25. The van der Waals surface area contributed by atoms with Gasteiger partial charge >= 0.3 is 0 Å². The first kappa shape index (κ1) is 13.8. The van der Waals surface area contributed by atoms with Crippen LogP contribution in [0.25, 0.3) is 0 Å². The summed E-state index contributed by atoms with van der Waals surface area (Å²) in [5.74, 6) is 0. The quantitative estimate of drug-likeness (QED) is 0.826. The average molecular weight is 262 g/mol. The fraction of sp³-hybridized carbons (Fsp3) is 0.500. The number of hydrogen-bond acceptors (Lipinski definition) is 2. The minimum absolute atomic E-state index is 0. The molecule has 1 saturated heterocycles. The van der Waals surface area contributed by atoms with Crippen LogP contribution in [0.2, 0.25) is 5.02 Å². The SMILES string of the molecule is CCC(c1ccc(Cl)cc1)N1CCOC1.Cl. The van der Waals surface area contributed by atoms with E-state index in [2.05, 4.69) is 24.0 Å². The second-order valence-electron chi connectivity index (χ2n) is 3.83. The van der Waals surface area contributed by atoms with Gasteiger partial charge in [-0.15, -0.1) is 12.4 Å². The monoisotopic (exact) mass is 261 g/mol. The third-order valence-electron chi connectivity index (χ3n) is 2.86. The van der Waals surface area contributed by atoms with Crippen molar-refractivity contribution in [3.63, 3.8) is 0 Å². The van der Waals surface area contributed by atoms with Crippen LogP contribution in [0.15, 0.2) is 24.3 Å². The van der Waals surface area contributed by atoms with Gasteiger partial charge in [-0.2, -0.15) is 0 Å². The van der Waals surface area contributed by atoms with Gasteiger partial charge in [0, 0.05) is 17.6 Å². The Bertz CT molecular complexity index is 309. The molecule has 0 aromatic heterocycles. The Kier molecular flexibility index (Phi) is 5.56. The molecule has 0 amide bonds. The normalized spacial score (nSPS) is 18.1. The summed E-state index contributed by atoms with van der Waals surface area (Å²) < 4.78 is 5.38. The van der Waals surface area contributed by atoms with Crippen molar-refractivity contribution in [1.29, 1.82) is 0 Å². The van der Waals surface area contributed by atoms with Gasteiger partial charge in [-0.3, -0.25) is 4.90 Å². The molecule has 0 bridgehead atoms. The highest BCUT2D eigenvalue weighted by molar-refractivity contribution is 6.30. The number of nitrogens with zero attached hydrogens (tertiary/aromatic N) is 1. The predicted octanol–water partition coefficient (Wildman–Crippen LogP) is 3.50. The Hall–Kier alpha value is -0.280. The molecule has 1 heterocycles. The molecule has 0 spiro atoms. The summed E-state index contributed by atoms with van der Waals surface area (Å²) in [6.45, 7) is 4.84. The van der Waals surface area contributed by atoms with Crippen molar-refractivity contribution in [2.75, 3.05) is 19.9 Å². The van der Waals surface area contributed by atoms with Gasteiger partial charge in [0.05, 0.1) is 13.3 Å². The molecule has 0 saturated carbocycles. The van der Waals surface area contributed by atoms with Crippen LogP contribution in [0.1, 0.15) is 24.9 Å². The number of benzene rings is 1. The van der Waals surface area contributed by atoms with Gasteiger partial charge in [-0.1, -0.05) is 30.7 Å². The van der Waals surface area contributed by atoms with Gasteiger partial charge in [-0.25, -0.2) is 0 Å². The van der Waals surface area contributed by atoms with E-state index in [1.165, 1.54) is 5.56 Å². The van der Waals surface area contributed by atoms with Crippen molar-refractivity contribution < 1.29 is 4.74 Å². The summed E-state index contributed by atoms with van der Waals surface area (Å²) in [6, 6.07) is 8.58. The van der Waals surface area contributed by atoms with Crippen LogP contribution < -0.4 is 0 Å². The molecule has 1 aromatic carbocycles. The van der Waals surface area contributed by atoms with E-state index in [1.54, 1.807) is 0 Å². The highest BCUT2D eigenvalue weighted by Gasteiger charge is 2.21. The molecular formula is C12H17Cl2NO. The van der Waals surface area contributed by atoms with Crippen LogP contribution in [0.4, 0.5) is 0 Å². The summed E-state index contributed by atoms with van der Waals surface area (Å²) in [6.07, 6.45) is 1.10. The maximum absolute atomic E-state index is 5.88. The second-order valence-corrected chi connectivity index (χ2v) is 4.26. The van der Waals surface area contributed by atoms with Crippen LogP contribution in [-0.4, -0.2) is 24.8 Å². The summed E-state index contributed by atoms with van der Waals surface area (Å²) in [5, 5.41) is 0.797.